The molecule has 18 heavy (non-hydrogen) atoms. The van der Waals surface area contributed by atoms with Crippen LogP contribution in [0.15, 0.2) is 29.2 Å². The zero-order chi connectivity index (χ0) is 13.8. The second-order valence-electron chi connectivity index (χ2n) is 3.99. The van der Waals surface area contributed by atoms with Gasteiger partial charge in [-0.15, -0.1) is 0 Å². The predicted octanol–water partition coefficient (Wildman–Crippen LogP) is 0.400. The molecular formula is C11H17N3O3S. The van der Waals surface area contributed by atoms with Crippen LogP contribution in [0, 0.1) is 0 Å². The smallest absolute Gasteiger partial charge is 0.238 e. The molecule has 0 aliphatic heterocycles. The quantitative estimate of drug-likeness (QED) is 0.718. The molecule has 0 bridgehead atoms. The Morgan fingerprint density at radius 3 is 2.67 bits per heavy atom. The summed E-state index contributed by atoms with van der Waals surface area (Å²) in [6, 6.07) is 5.57. The molecule has 0 radical (unpaired) electrons. The molecule has 0 saturated carbocycles. The largest absolute Gasteiger partial charge is 0.327 e. The van der Waals surface area contributed by atoms with Crippen molar-refractivity contribution in [1.82, 2.24) is 0 Å². The zero-order valence-corrected chi connectivity index (χ0v) is 10.9. The van der Waals surface area contributed by atoms with Crippen molar-refractivity contribution in [2.45, 2.75) is 30.7 Å². The third-order valence-electron chi connectivity index (χ3n) is 2.42. The number of amides is 1. The van der Waals surface area contributed by atoms with Gasteiger partial charge in [-0.1, -0.05) is 13.0 Å². The minimum Gasteiger partial charge on any atom is -0.327 e. The minimum atomic E-state index is -3.76. The highest BCUT2D eigenvalue weighted by Gasteiger charge is 2.11. The monoisotopic (exact) mass is 271 g/mol. The number of hydrogen-bond donors (Lipinski definition) is 3. The number of benzene rings is 1. The number of nitrogens with two attached hydrogens (primary N) is 2. The molecule has 100 valence electrons. The Morgan fingerprint density at radius 2 is 2.11 bits per heavy atom. The maximum Gasteiger partial charge on any atom is 0.238 e. The van der Waals surface area contributed by atoms with E-state index in [2.05, 4.69) is 5.32 Å². The van der Waals surface area contributed by atoms with Gasteiger partial charge < -0.3 is 11.1 Å². The fourth-order valence-corrected chi connectivity index (χ4v) is 1.90. The molecule has 6 nitrogen and oxygen atoms in total. The van der Waals surface area contributed by atoms with E-state index in [0.29, 0.717) is 12.1 Å². The summed E-state index contributed by atoms with van der Waals surface area (Å²) in [6.07, 6.45) is 0.890. The van der Waals surface area contributed by atoms with Crippen molar-refractivity contribution in [2.75, 3.05) is 5.32 Å². The molecule has 0 heterocycles. The van der Waals surface area contributed by atoms with Crippen LogP contribution in [0.1, 0.15) is 19.8 Å². The Labute approximate surface area is 106 Å². The van der Waals surface area contributed by atoms with Gasteiger partial charge in [-0.2, -0.15) is 0 Å². The first-order valence-corrected chi connectivity index (χ1v) is 7.06. The summed E-state index contributed by atoms with van der Waals surface area (Å²) in [5.41, 5.74) is 6.03. The molecule has 0 aromatic heterocycles. The normalized spacial score (nSPS) is 13.1. The number of carbonyl (C=O) groups is 1. The van der Waals surface area contributed by atoms with Crippen molar-refractivity contribution in [3.05, 3.63) is 24.3 Å². The lowest BCUT2D eigenvalue weighted by molar-refractivity contribution is -0.116. The SMILES string of the molecule is CCC(N)CC(=O)Nc1cccc(S(N)(=O)=O)c1. The maximum atomic E-state index is 11.6. The maximum absolute atomic E-state index is 11.6. The second-order valence-corrected chi connectivity index (χ2v) is 5.55. The van der Waals surface area contributed by atoms with E-state index in [1.165, 1.54) is 18.2 Å². The summed E-state index contributed by atoms with van der Waals surface area (Å²) in [6.45, 7) is 1.89. The van der Waals surface area contributed by atoms with Gasteiger partial charge in [-0.05, 0) is 24.6 Å². The van der Waals surface area contributed by atoms with Crippen molar-refractivity contribution in [1.29, 1.82) is 0 Å². The summed E-state index contributed by atoms with van der Waals surface area (Å²) < 4.78 is 22.3. The van der Waals surface area contributed by atoms with Gasteiger partial charge in [-0.3, -0.25) is 4.79 Å². The van der Waals surface area contributed by atoms with Crippen LogP contribution in [-0.4, -0.2) is 20.4 Å². The van der Waals surface area contributed by atoms with Crippen LogP contribution in [-0.2, 0) is 14.8 Å². The van der Waals surface area contributed by atoms with Gasteiger partial charge in [0.25, 0.3) is 0 Å². The summed E-state index contributed by atoms with van der Waals surface area (Å²) in [7, 11) is -3.76. The van der Waals surface area contributed by atoms with E-state index in [0.717, 1.165) is 0 Å². The van der Waals surface area contributed by atoms with Crippen LogP contribution in [0.4, 0.5) is 5.69 Å². The van der Waals surface area contributed by atoms with Gasteiger partial charge in [-0.25, -0.2) is 13.6 Å². The molecule has 0 saturated heterocycles. The van der Waals surface area contributed by atoms with Crippen molar-refractivity contribution in [3.8, 4) is 0 Å². The number of anilines is 1. The second kappa shape index (κ2) is 5.94. The van der Waals surface area contributed by atoms with E-state index in [4.69, 9.17) is 10.9 Å². The first-order valence-electron chi connectivity index (χ1n) is 5.51. The van der Waals surface area contributed by atoms with Crippen LogP contribution in [0.2, 0.25) is 0 Å². The molecule has 1 rings (SSSR count). The van der Waals surface area contributed by atoms with E-state index < -0.39 is 10.0 Å². The van der Waals surface area contributed by atoms with Crippen molar-refractivity contribution in [2.24, 2.45) is 10.9 Å². The van der Waals surface area contributed by atoms with Gasteiger partial charge in [0, 0.05) is 18.2 Å². The Hall–Kier alpha value is -1.44. The van der Waals surface area contributed by atoms with Crippen LogP contribution in [0.5, 0.6) is 0 Å². The lowest BCUT2D eigenvalue weighted by atomic mass is 10.1. The highest BCUT2D eigenvalue weighted by molar-refractivity contribution is 7.89. The fourth-order valence-electron chi connectivity index (χ4n) is 1.35. The molecule has 1 aromatic rings. The lowest BCUT2D eigenvalue weighted by Gasteiger charge is -2.10. The Bertz CT molecular complexity index is 528. The number of nitrogens with one attached hydrogen (secondary N) is 1. The lowest BCUT2D eigenvalue weighted by Crippen LogP contribution is -2.26. The molecule has 0 spiro atoms. The van der Waals surface area contributed by atoms with E-state index in [9.17, 15) is 13.2 Å². The Morgan fingerprint density at radius 1 is 1.44 bits per heavy atom. The Balaban J connectivity index is 2.77. The average molecular weight is 271 g/mol. The van der Waals surface area contributed by atoms with E-state index in [1.807, 2.05) is 6.92 Å². The Kier molecular flexibility index (Phi) is 4.83. The number of carbonyl (C=O) groups excluding carboxylic acids is 1. The van der Waals surface area contributed by atoms with Crippen LogP contribution in [0.25, 0.3) is 0 Å². The van der Waals surface area contributed by atoms with Crippen molar-refractivity contribution < 1.29 is 13.2 Å². The third kappa shape index (κ3) is 4.44. The number of primary sulfonamides is 1. The topological polar surface area (TPSA) is 115 Å². The standard InChI is InChI=1S/C11H17N3O3S/c1-2-8(12)6-11(15)14-9-4-3-5-10(7-9)18(13,16)17/h3-5,7-8H,2,6,12H2,1H3,(H,14,15)(H2,13,16,17). The highest BCUT2D eigenvalue weighted by Crippen LogP contribution is 2.14. The molecule has 7 heteroatoms. The summed E-state index contributed by atoms with van der Waals surface area (Å²) in [4.78, 5) is 11.5. The first kappa shape index (κ1) is 14.6. The summed E-state index contributed by atoms with van der Waals surface area (Å²) in [5, 5.41) is 7.58. The number of hydrogen-bond acceptors (Lipinski definition) is 4. The molecule has 0 fully saturated rings. The molecule has 1 atom stereocenters. The number of sulfonamides is 1. The first-order chi connectivity index (χ1) is 8.32. The molecule has 5 N–H and O–H groups in total. The van der Waals surface area contributed by atoms with Crippen LogP contribution >= 0.6 is 0 Å². The van der Waals surface area contributed by atoms with E-state index in [-0.39, 0.29) is 23.3 Å². The third-order valence-corrected chi connectivity index (χ3v) is 3.33. The van der Waals surface area contributed by atoms with Gasteiger partial charge in [0.1, 0.15) is 0 Å². The van der Waals surface area contributed by atoms with Crippen LogP contribution in [0.3, 0.4) is 0 Å². The minimum absolute atomic E-state index is 0.0416. The van der Waals surface area contributed by atoms with Gasteiger partial charge >= 0.3 is 0 Å². The summed E-state index contributed by atoms with van der Waals surface area (Å²) >= 11 is 0. The van der Waals surface area contributed by atoms with Crippen molar-refractivity contribution >= 4 is 21.6 Å². The van der Waals surface area contributed by atoms with E-state index in [1.54, 1.807) is 6.07 Å². The molecule has 1 amide bonds. The predicted molar refractivity (Wildman–Crippen MR) is 69.3 cm³/mol. The highest BCUT2D eigenvalue weighted by atomic mass is 32.2. The van der Waals surface area contributed by atoms with Crippen molar-refractivity contribution in [3.63, 3.8) is 0 Å². The fraction of sp³-hybridized carbons (Fsp3) is 0.364. The molecular weight excluding hydrogens is 254 g/mol. The zero-order valence-electron chi connectivity index (χ0n) is 10.1. The van der Waals surface area contributed by atoms with Gasteiger partial charge in [0.15, 0.2) is 0 Å². The molecule has 1 aromatic carbocycles. The molecule has 0 aliphatic rings. The average Bonchev–Trinajstić information content (AvgIpc) is 2.27. The van der Waals surface area contributed by atoms with Gasteiger partial charge in [0.05, 0.1) is 4.90 Å². The number of rotatable bonds is 5. The molecule has 0 aliphatic carbocycles. The van der Waals surface area contributed by atoms with Crippen LogP contribution < -0.4 is 16.2 Å². The van der Waals surface area contributed by atoms with E-state index >= 15 is 0 Å². The molecule has 1 unspecified atom stereocenters. The summed E-state index contributed by atoms with van der Waals surface area (Å²) in [5.74, 6) is -0.254. The van der Waals surface area contributed by atoms with Gasteiger partial charge in [0.2, 0.25) is 15.9 Å².